The van der Waals surface area contributed by atoms with Gasteiger partial charge >= 0.3 is 24.0 Å². The van der Waals surface area contributed by atoms with Gasteiger partial charge in [-0.05, 0) is 90.3 Å². The molecule has 1 unspecified atom stereocenters. The number of fused-ring (bicyclic) bond motifs is 2. The lowest BCUT2D eigenvalue weighted by Gasteiger charge is -2.24. The van der Waals surface area contributed by atoms with Crippen molar-refractivity contribution in [3.05, 3.63) is 53.1 Å². The maximum atomic E-state index is 13.3. The molecule has 2 N–H and O–H groups in total. The first-order valence-electron chi connectivity index (χ1n) is 13.9. The number of carbonyl (C=O) groups excluding carboxylic acids is 3. The van der Waals surface area contributed by atoms with Gasteiger partial charge in [0.05, 0.1) is 24.3 Å². The number of carboxylic acids is 1. The largest absolute Gasteiger partial charge is 0.489 e. The van der Waals surface area contributed by atoms with Crippen LogP contribution < -0.4 is 14.8 Å². The molecular weight excluding hydrogens is 560 g/mol. The number of rotatable bonds is 5. The van der Waals surface area contributed by atoms with E-state index in [9.17, 15) is 24.3 Å². The lowest BCUT2D eigenvalue weighted by molar-refractivity contribution is -0.175. The maximum absolute atomic E-state index is 13.3. The predicted molar refractivity (Wildman–Crippen MR) is 155 cm³/mol. The highest BCUT2D eigenvalue weighted by molar-refractivity contribution is 6.08. The van der Waals surface area contributed by atoms with Gasteiger partial charge in [-0.25, -0.2) is 14.4 Å². The number of anilines is 1. The van der Waals surface area contributed by atoms with E-state index in [1.54, 1.807) is 77.9 Å². The first kappa shape index (κ1) is 31.3. The van der Waals surface area contributed by atoms with Crippen molar-refractivity contribution in [3.63, 3.8) is 0 Å². The summed E-state index contributed by atoms with van der Waals surface area (Å²) in [5, 5.41) is 16.7. The highest BCUT2D eigenvalue weighted by Gasteiger charge is 2.50. The first-order valence-corrected chi connectivity index (χ1v) is 13.9. The predicted octanol–water partition coefficient (Wildman–Crippen LogP) is 5.26. The average Bonchev–Trinajstić information content (AvgIpc) is 3.29. The number of nitrogens with zero attached hydrogens (tertiary/aromatic N) is 1. The van der Waals surface area contributed by atoms with Crippen LogP contribution in [0.25, 0.3) is 0 Å². The molecule has 2 aliphatic rings. The van der Waals surface area contributed by atoms with E-state index in [0.717, 1.165) is 0 Å². The van der Waals surface area contributed by atoms with Crippen molar-refractivity contribution in [1.82, 2.24) is 0 Å². The lowest BCUT2D eigenvalue weighted by atomic mass is 9.90. The number of para-hydroxylation sites is 1. The number of carbonyl (C=O) groups is 4. The number of hydrogen-bond acceptors (Lipinski definition) is 10. The van der Waals surface area contributed by atoms with Crippen LogP contribution in [0.15, 0.2) is 41.6 Å². The number of ether oxygens (including phenoxy) is 4. The molecule has 1 atom stereocenters. The highest BCUT2D eigenvalue weighted by Crippen LogP contribution is 2.39. The number of hydrogen-bond donors (Lipinski definition) is 2. The summed E-state index contributed by atoms with van der Waals surface area (Å²) in [5.74, 6) is -2.45. The number of esters is 2. The van der Waals surface area contributed by atoms with Crippen molar-refractivity contribution >= 4 is 35.4 Å². The van der Waals surface area contributed by atoms with Crippen molar-refractivity contribution in [2.24, 2.45) is 5.16 Å². The van der Waals surface area contributed by atoms with E-state index in [-0.39, 0.29) is 30.2 Å². The number of nitrogens with one attached hydrogen (secondary N) is 1. The molecule has 0 saturated carbocycles. The standard InChI is InChI=1S/C31H36N2O10/c1-29(2,3)41-24(34)17-31(27(36)37)16-22(33-43-31)21-10-7-11-23-25(21)39-14-8-9-18-15-19(12-13-20(18)26(35)40-23)32-28(38)42-30(4,5)6/h7,10-13,15H,8-9,14,16-17H2,1-6H3,(H,32,38)(H,36,37). The van der Waals surface area contributed by atoms with E-state index in [0.29, 0.717) is 35.2 Å². The maximum Gasteiger partial charge on any atom is 0.412 e. The first-order chi connectivity index (χ1) is 20.1. The van der Waals surface area contributed by atoms with Gasteiger partial charge in [0, 0.05) is 17.7 Å². The van der Waals surface area contributed by atoms with Crippen LogP contribution in [-0.2, 0) is 30.3 Å². The van der Waals surface area contributed by atoms with Crippen LogP contribution in [-0.4, -0.2) is 58.2 Å². The molecule has 0 radical (unpaired) electrons. The molecule has 4 rings (SSSR count). The summed E-state index contributed by atoms with van der Waals surface area (Å²) in [6.45, 7) is 10.5. The molecule has 230 valence electrons. The van der Waals surface area contributed by atoms with Crippen LogP contribution in [0.5, 0.6) is 11.5 Å². The third kappa shape index (κ3) is 7.82. The minimum Gasteiger partial charge on any atom is -0.489 e. The summed E-state index contributed by atoms with van der Waals surface area (Å²) in [4.78, 5) is 55.6. The van der Waals surface area contributed by atoms with Gasteiger partial charge in [0.2, 0.25) is 5.60 Å². The van der Waals surface area contributed by atoms with Gasteiger partial charge in [-0.15, -0.1) is 0 Å². The summed E-state index contributed by atoms with van der Waals surface area (Å²) in [6, 6.07) is 9.67. The van der Waals surface area contributed by atoms with E-state index in [2.05, 4.69) is 10.5 Å². The molecule has 0 aromatic heterocycles. The molecule has 0 saturated heterocycles. The Labute approximate surface area is 249 Å². The van der Waals surface area contributed by atoms with Crippen LogP contribution in [0.1, 0.15) is 82.3 Å². The summed E-state index contributed by atoms with van der Waals surface area (Å²) in [6.07, 6.45) is -0.472. The molecule has 2 aromatic carbocycles. The molecule has 2 aromatic rings. The van der Waals surface area contributed by atoms with Crippen LogP contribution in [0.4, 0.5) is 10.5 Å². The lowest BCUT2D eigenvalue weighted by Crippen LogP contribution is -2.42. The molecule has 12 heteroatoms. The Morgan fingerprint density at radius 1 is 1.02 bits per heavy atom. The van der Waals surface area contributed by atoms with Gasteiger partial charge in [0.1, 0.15) is 11.2 Å². The molecule has 12 nitrogen and oxygen atoms in total. The van der Waals surface area contributed by atoms with Crippen LogP contribution in [0.2, 0.25) is 0 Å². The van der Waals surface area contributed by atoms with E-state index in [4.69, 9.17) is 23.8 Å². The van der Waals surface area contributed by atoms with E-state index in [1.807, 2.05) is 0 Å². The number of amides is 1. The molecule has 2 heterocycles. The topological polar surface area (TPSA) is 159 Å². The van der Waals surface area contributed by atoms with Gasteiger partial charge in [-0.2, -0.15) is 0 Å². The van der Waals surface area contributed by atoms with Gasteiger partial charge in [0.25, 0.3) is 0 Å². The molecular formula is C31H36N2O10. The van der Waals surface area contributed by atoms with E-state index < -0.39 is 47.2 Å². The zero-order valence-electron chi connectivity index (χ0n) is 25.1. The minimum atomic E-state index is -1.96. The summed E-state index contributed by atoms with van der Waals surface area (Å²) < 4.78 is 22.4. The third-order valence-electron chi connectivity index (χ3n) is 6.32. The summed E-state index contributed by atoms with van der Waals surface area (Å²) >= 11 is 0. The fraction of sp³-hybridized carbons (Fsp3) is 0.452. The smallest absolute Gasteiger partial charge is 0.412 e. The Bertz CT molecular complexity index is 1470. The average molecular weight is 597 g/mol. The van der Waals surface area contributed by atoms with Crippen molar-refractivity contribution < 1.29 is 48.1 Å². The Morgan fingerprint density at radius 2 is 1.74 bits per heavy atom. The third-order valence-corrected chi connectivity index (χ3v) is 6.32. The molecule has 2 aliphatic heterocycles. The Morgan fingerprint density at radius 3 is 2.42 bits per heavy atom. The van der Waals surface area contributed by atoms with Gasteiger partial charge in [-0.1, -0.05) is 11.2 Å². The van der Waals surface area contributed by atoms with E-state index in [1.165, 1.54) is 0 Å². The molecule has 0 spiro atoms. The van der Waals surface area contributed by atoms with Crippen molar-refractivity contribution in [2.45, 2.75) is 84.0 Å². The Kier molecular flexibility index (Phi) is 8.70. The number of oxime groups is 1. The number of benzene rings is 2. The fourth-order valence-corrected chi connectivity index (χ4v) is 4.58. The van der Waals surface area contributed by atoms with Gasteiger partial charge in [-0.3, -0.25) is 10.1 Å². The number of aliphatic carboxylic acids is 1. The SMILES string of the molecule is CC(C)(C)OC(=O)CC1(C(=O)O)CC(c2cccc3c2OCCCc2cc(NC(=O)OC(C)(C)C)ccc2C(=O)O3)=NO1. The van der Waals surface area contributed by atoms with Crippen LogP contribution in [0, 0.1) is 0 Å². The van der Waals surface area contributed by atoms with Gasteiger partial charge in [0.15, 0.2) is 11.5 Å². The van der Waals surface area contributed by atoms with Crippen molar-refractivity contribution in [2.75, 3.05) is 11.9 Å². The summed E-state index contributed by atoms with van der Waals surface area (Å²) in [5.41, 5.74) is -1.41. The van der Waals surface area contributed by atoms with Crippen molar-refractivity contribution in [1.29, 1.82) is 0 Å². The normalized spacial score (nSPS) is 18.5. The number of carboxylic acid groups (broad SMARTS) is 1. The molecule has 0 bridgehead atoms. The zero-order valence-corrected chi connectivity index (χ0v) is 25.1. The second-order valence-electron chi connectivity index (χ2n) is 12.3. The number of aryl methyl sites for hydroxylation is 1. The molecule has 1 amide bonds. The van der Waals surface area contributed by atoms with Crippen LogP contribution in [0.3, 0.4) is 0 Å². The Balaban J connectivity index is 1.57. The molecule has 0 aliphatic carbocycles. The molecule has 0 fully saturated rings. The quantitative estimate of drug-likeness (QED) is 0.344. The van der Waals surface area contributed by atoms with E-state index >= 15 is 0 Å². The summed E-state index contributed by atoms with van der Waals surface area (Å²) in [7, 11) is 0. The second-order valence-corrected chi connectivity index (χ2v) is 12.3. The Hall–Kier alpha value is -4.61. The van der Waals surface area contributed by atoms with Crippen molar-refractivity contribution in [3.8, 4) is 11.5 Å². The molecule has 43 heavy (non-hydrogen) atoms. The fourth-order valence-electron chi connectivity index (χ4n) is 4.58. The van der Waals surface area contributed by atoms with Gasteiger partial charge < -0.3 is 28.9 Å². The van der Waals surface area contributed by atoms with Crippen LogP contribution >= 0.6 is 0 Å². The highest BCUT2D eigenvalue weighted by atomic mass is 16.7. The minimum absolute atomic E-state index is 0.106. The second kappa shape index (κ2) is 11.9. The monoisotopic (exact) mass is 596 g/mol. The zero-order chi connectivity index (χ0) is 31.6.